The summed E-state index contributed by atoms with van der Waals surface area (Å²) in [5.41, 5.74) is 0. The van der Waals surface area contributed by atoms with E-state index in [-0.39, 0.29) is 16.9 Å². The molecule has 1 aliphatic rings. The van der Waals surface area contributed by atoms with E-state index in [0.717, 1.165) is 0 Å². The summed E-state index contributed by atoms with van der Waals surface area (Å²) in [4.78, 5) is 4.08. The third-order valence-corrected chi connectivity index (χ3v) is 5.34. The average molecular weight is 270 g/mol. The number of piperidine rings is 1. The van der Waals surface area contributed by atoms with Crippen molar-refractivity contribution < 1.29 is 13.5 Å². The maximum atomic E-state index is 12.3. The lowest BCUT2D eigenvalue weighted by atomic mass is 9.93. The van der Waals surface area contributed by atoms with Crippen LogP contribution in [0.2, 0.25) is 0 Å². The summed E-state index contributed by atoms with van der Waals surface area (Å²) in [6, 6.07) is 3.18. The fourth-order valence-corrected chi connectivity index (χ4v) is 3.68. The Morgan fingerprint density at radius 1 is 1.44 bits per heavy atom. The van der Waals surface area contributed by atoms with Crippen molar-refractivity contribution >= 4 is 10.0 Å². The molecule has 0 saturated carbocycles. The molecule has 2 rings (SSSR count). The van der Waals surface area contributed by atoms with Crippen LogP contribution in [0.25, 0.3) is 0 Å². The number of hydrogen-bond donors (Lipinski definition) is 1. The standard InChI is InChI=1S/C12H18N2O3S/c1-10(15)11-4-7-14(8-5-11)18(16,17)12-3-2-6-13-9-12/h2-3,6,9-11,15H,4-5,7-8H2,1H3. The minimum atomic E-state index is -3.42. The molecule has 1 saturated heterocycles. The smallest absolute Gasteiger partial charge is 0.244 e. The molecule has 0 amide bonds. The second-order valence-corrected chi connectivity index (χ2v) is 6.61. The summed E-state index contributed by atoms with van der Waals surface area (Å²) in [6.45, 7) is 2.69. The zero-order valence-corrected chi connectivity index (χ0v) is 11.2. The third kappa shape index (κ3) is 2.71. The van der Waals surface area contributed by atoms with Crippen LogP contribution in [0, 0.1) is 5.92 Å². The molecule has 2 heterocycles. The van der Waals surface area contributed by atoms with Crippen LogP contribution >= 0.6 is 0 Å². The van der Waals surface area contributed by atoms with Gasteiger partial charge in [-0.25, -0.2) is 8.42 Å². The van der Waals surface area contributed by atoms with Crippen molar-refractivity contribution in [2.24, 2.45) is 5.92 Å². The minimum Gasteiger partial charge on any atom is -0.393 e. The van der Waals surface area contributed by atoms with E-state index in [0.29, 0.717) is 25.9 Å². The molecule has 1 aliphatic heterocycles. The fourth-order valence-electron chi connectivity index (χ4n) is 2.25. The van der Waals surface area contributed by atoms with E-state index in [4.69, 9.17) is 0 Å². The molecule has 1 fully saturated rings. The molecule has 1 N–H and O–H groups in total. The largest absolute Gasteiger partial charge is 0.393 e. The van der Waals surface area contributed by atoms with E-state index < -0.39 is 10.0 Å². The minimum absolute atomic E-state index is 0.199. The summed E-state index contributed by atoms with van der Waals surface area (Å²) in [6.07, 6.45) is 3.97. The highest BCUT2D eigenvalue weighted by Crippen LogP contribution is 2.25. The van der Waals surface area contributed by atoms with Crippen LogP contribution < -0.4 is 0 Å². The quantitative estimate of drug-likeness (QED) is 0.884. The van der Waals surface area contributed by atoms with Crippen molar-refractivity contribution in [3.8, 4) is 0 Å². The number of aromatic nitrogens is 1. The molecule has 1 atom stereocenters. The Morgan fingerprint density at radius 3 is 2.61 bits per heavy atom. The van der Waals surface area contributed by atoms with Crippen LogP contribution in [0.3, 0.4) is 0 Å². The van der Waals surface area contributed by atoms with Crippen molar-refractivity contribution in [3.05, 3.63) is 24.5 Å². The van der Waals surface area contributed by atoms with Crippen molar-refractivity contribution in [2.45, 2.75) is 30.8 Å². The van der Waals surface area contributed by atoms with E-state index in [1.165, 1.54) is 10.5 Å². The van der Waals surface area contributed by atoms with E-state index in [9.17, 15) is 13.5 Å². The van der Waals surface area contributed by atoms with Gasteiger partial charge in [0, 0.05) is 25.5 Å². The summed E-state index contributed by atoms with van der Waals surface area (Å²) in [7, 11) is -3.42. The maximum Gasteiger partial charge on any atom is 0.244 e. The van der Waals surface area contributed by atoms with Gasteiger partial charge in [0.05, 0.1) is 6.10 Å². The molecule has 0 aliphatic carbocycles. The molecule has 0 radical (unpaired) electrons. The normalized spacial score (nSPS) is 20.8. The van der Waals surface area contributed by atoms with Gasteiger partial charge in [0.15, 0.2) is 0 Å². The van der Waals surface area contributed by atoms with Gasteiger partial charge in [-0.15, -0.1) is 0 Å². The Morgan fingerprint density at radius 2 is 2.11 bits per heavy atom. The highest BCUT2D eigenvalue weighted by molar-refractivity contribution is 7.89. The average Bonchev–Trinajstić information content (AvgIpc) is 2.40. The molecule has 1 aromatic rings. The Balaban J connectivity index is 2.10. The monoisotopic (exact) mass is 270 g/mol. The molecule has 0 aromatic carbocycles. The van der Waals surface area contributed by atoms with E-state index in [2.05, 4.69) is 4.98 Å². The van der Waals surface area contributed by atoms with Gasteiger partial charge in [0.2, 0.25) is 10.0 Å². The summed E-state index contributed by atoms with van der Waals surface area (Å²) < 4.78 is 26.0. The van der Waals surface area contributed by atoms with Crippen molar-refractivity contribution in [2.75, 3.05) is 13.1 Å². The topological polar surface area (TPSA) is 70.5 Å². The van der Waals surface area contributed by atoms with Crippen LogP contribution in [-0.2, 0) is 10.0 Å². The molecule has 18 heavy (non-hydrogen) atoms. The van der Waals surface area contributed by atoms with Crippen LogP contribution in [0.15, 0.2) is 29.4 Å². The van der Waals surface area contributed by atoms with E-state index in [1.807, 2.05) is 0 Å². The second kappa shape index (κ2) is 5.34. The summed E-state index contributed by atoms with van der Waals surface area (Å²) in [5, 5.41) is 9.51. The lowest BCUT2D eigenvalue weighted by molar-refractivity contribution is 0.0912. The zero-order valence-electron chi connectivity index (χ0n) is 10.4. The molecule has 0 spiro atoms. The van der Waals surface area contributed by atoms with Gasteiger partial charge in [-0.2, -0.15) is 4.31 Å². The summed E-state index contributed by atoms with van der Waals surface area (Å²) in [5.74, 6) is 0.199. The van der Waals surface area contributed by atoms with Gasteiger partial charge in [-0.1, -0.05) is 0 Å². The Bertz CT molecular complexity index is 479. The first kappa shape index (κ1) is 13.5. The number of aliphatic hydroxyl groups excluding tert-OH is 1. The number of sulfonamides is 1. The van der Waals surface area contributed by atoms with E-state index in [1.54, 1.807) is 25.3 Å². The predicted molar refractivity (Wildman–Crippen MR) is 67.4 cm³/mol. The van der Waals surface area contributed by atoms with Gasteiger partial charge in [-0.05, 0) is 37.8 Å². The molecule has 0 bridgehead atoms. The van der Waals surface area contributed by atoms with Crippen molar-refractivity contribution in [3.63, 3.8) is 0 Å². The van der Waals surface area contributed by atoms with Crippen LogP contribution in [0.1, 0.15) is 19.8 Å². The molecular weight excluding hydrogens is 252 g/mol. The van der Waals surface area contributed by atoms with Crippen LogP contribution in [0.4, 0.5) is 0 Å². The van der Waals surface area contributed by atoms with Gasteiger partial charge in [0.25, 0.3) is 0 Å². The number of aliphatic hydroxyl groups is 1. The first-order chi connectivity index (χ1) is 8.51. The molecule has 1 unspecified atom stereocenters. The second-order valence-electron chi connectivity index (χ2n) is 4.67. The molecular formula is C12H18N2O3S. The highest BCUT2D eigenvalue weighted by atomic mass is 32.2. The zero-order chi connectivity index (χ0) is 13.2. The molecule has 5 nitrogen and oxygen atoms in total. The van der Waals surface area contributed by atoms with Gasteiger partial charge in [0.1, 0.15) is 4.90 Å². The van der Waals surface area contributed by atoms with Gasteiger partial charge in [-0.3, -0.25) is 4.98 Å². The first-order valence-corrected chi connectivity index (χ1v) is 7.54. The Hall–Kier alpha value is -0.980. The van der Waals surface area contributed by atoms with Gasteiger partial charge >= 0.3 is 0 Å². The highest BCUT2D eigenvalue weighted by Gasteiger charge is 2.30. The SMILES string of the molecule is CC(O)C1CCN(S(=O)(=O)c2cccnc2)CC1. The van der Waals surface area contributed by atoms with Crippen molar-refractivity contribution in [1.29, 1.82) is 0 Å². The maximum absolute atomic E-state index is 12.3. The summed E-state index contributed by atoms with van der Waals surface area (Å²) >= 11 is 0. The predicted octanol–water partition coefficient (Wildman–Crippen LogP) is 0.863. The number of nitrogens with zero attached hydrogens (tertiary/aromatic N) is 2. The fraction of sp³-hybridized carbons (Fsp3) is 0.583. The van der Waals surface area contributed by atoms with Gasteiger partial charge < -0.3 is 5.11 Å². The molecule has 1 aromatic heterocycles. The third-order valence-electron chi connectivity index (χ3n) is 3.45. The Kier molecular flexibility index (Phi) is 3.99. The molecule has 6 heteroatoms. The lowest BCUT2D eigenvalue weighted by Crippen LogP contribution is -2.40. The molecule has 100 valence electrons. The van der Waals surface area contributed by atoms with Crippen molar-refractivity contribution in [1.82, 2.24) is 9.29 Å². The lowest BCUT2D eigenvalue weighted by Gasteiger charge is -2.32. The van der Waals surface area contributed by atoms with E-state index >= 15 is 0 Å². The Labute approximate surface area is 108 Å². The first-order valence-electron chi connectivity index (χ1n) is 6.10. The number of pyridine rings is 1. The van der Waals surface area contributed by atoms with Crippen LogP contribution in [-0.4, -0.2) is 42.0 Å². The number of rotatable bonds is 3. The number of hydrogen-bond acceptors (Lipinski definition) is 4. The van der Waals surface area contributed by atoms with Crippen LogP contribution in [0.5, 0.6) is 0 Å².